The number of carbonyl (C=O) groups is 2. The number of carbonyl (C=O) groups excluding carboxylic acids is 2. The Morgan fingerprint density at radius 1 is 1.26 bits per heavy atom. The van der Waals surface area contributed by atoms with E-state index in [2.05, 4.69) is 15.3 Å². The van der Waals surface area contributed by atoms with Crippen molar-refractivity contribution >= 4 is 11.8 Å². The number of benzene rings is 1. The second kappa shape index (κ2) is 8.16. The van der Waals surface area contributed by atoms with E-state index in [1.165, 1.54) is 6.92 Å². The lowest BCUT2D eigenvalue weighted by molar-refractivity contribution is -0.133. The summed E-state index contributed by atoms with van der Waals surface area (Å²) in [5, 5.41) is 2.56. The summed E-state index contributed by atoms with van der Waals surface area (Å²) >= 11 is 0. The van der Waals surface area contributed by atoms with E-state index in [-0.39, 0.29) is 24.4 Å². The number of likely N-dealkylation sites (tertiary alicyclic amines) is 1. The summed E-state index contributed by atoms with van der Waals surface area (Å²) in [5.41, 5.74) is 1.80. The molecule has 1 N–H and O–H groups in total. The molecule has 2 heterocycles. The van der Waals surface area contributed by atoms with Gasteiger partial charge in [0.2, 0.25) is 17.7 Å². The second-order valence-electron chi connectivity index (χ2n) is 6.73. The first-order valence-corrected chi connectivity index (χ1v) is 9.07. The number of para-hydroxylation sites is 1. The van der Waals surface area contributed by atoms with E-state index in [0.717, 1.165) is 29.8 Å². The van der Waals surface area contributed by atoms with Gasteiger partial charge in [0.1, 0.15) is 5.75 Å². The van der Waals surface area contributed by atoms with Gasteiger partial charge in [-0.15, -0.1) is 0 Å². The first-order valence-electron chi connectivity index (χ1n) is 9.07. The lowest BCUT2D eigenvalue weighted by Crippen LogP contribution is -2.39. The van der Waals surface area contributed by atoms with E-state index in [1.54, 1.807) is 11.0 Å². The van der Waals surface area contributed by atoms with E-state index in [9.17, 15) is 9.59 Å². The molecule has 2 amide bonds. The van der Waals surface area contributed by atoms with Crippen molar-refractivity contribution in [2.24, 2.45) is 0 Å². The third-order valence-electron chi connectivity index (χ3n) is 4.52. The molecule has 1 atom stereocenters. The molecule has 0 aliphatic carbocycles. The smallest absolute Gasteiger partial charge is 0.242 e. The van der Waals surface area contributed by atoms with Gasteiger partial charge in [-0.25, -0.2) is 4.98 Å². The zero-order valence-corrected chi connectivity index (χ0v) is 15.9. The number of rotatable bonds is 5. The quantitative estimate of drug-likeness (QED) is 0.877. The first kappa shape index (κ1) is 18.8. The van der Waals surface area contributed by atoms with Gasteiger partial charge in [0.25, 0.3) is 0 Å². The molecule has 0 spiro atoms. The van der Waals surface area contributed by atoms with Gasteiger partial charge in [0.15, 0.2) is 5.82 Å². The van der Waals surface area contributed by atoms with Crippen LogP contribution in [0.5, 0.6) is 11.6 Å². The molecule has 1 saturated heterocycles. The van der Waals surface area contributed by atoms with Crippen LogP contribution in [-0.4, -0.2) is 39.8 Å². The zero-order chi connectivity index (χ0) is 19.4. The van der Waals surface area contributed by atoms with Gasteiger partial charge in [0.05, 0.1) is 12.6 Å². The summed E-state index contributed by atoms with van der Waals surface area (Å²) < 4.78 is 5.95. The maximum absolute atomic E-state index is 12.5. The number of ether oxygens (including phenoxy) is 1. The molecule has 142 valence electrons. The summed E-state index contributed by atoms with van der Waals surface area (Å²) in [4.78, 5) is 34.4. The third-order valence-corrected chi connectivity index (χ3v) is 4.52. The predicted molar refractivity (Wildman–Crippen MR) is 100 cm³/mol. The van der Waals surface area contributed by atoms with Crippen LogP contribution in [0, 0.1) is 13.8 Å². The highest BCUT2D eigenvalue weighted by Gasteiger charge is 2.32. The first-order chi connectivity index (χ1) is 12.9. The van der Waals surface area contributed by atoms with Crippen molar-refractivity contribution in [2.75, 3.05) is 13.1 Å². The molecule has 2 aromatic rings. The largest absolute Gasteiger partial charge is 0.439 e. The van der Waals surface area contributed by atoms with Gasteiger partial charge in [-0.1, -0.05) is 18.2 Å². The van der Waals surface area contributed by atoms with Crippen LogP contribution in [0.2, 0.25) is 0 Å². The molecule has 7 nitrogen and oxygen atoms in total. The Morgan fingerprint density at radius 3 is 2.78 bits per heavy atom. The van der Waals surface area contributed by atoms with Gasteiger partial charge in [-0.2, -0.15) is 4.98 Å². The molecule has 7 heteroatoms. The number of nitrogens with one attached hydrogen (secondary N) is 1. The zero-order valence-electron chi connectivity index (χ0n) is 15.9. The van der Waals surface area contributed by atoms with Crippen LogP contribution >= 0.6 is 0 Å². The topological polar surface area (TPSA) is 84.4 Å². The minimum atomic E-state index is -0.222. The van der Waals surface area contributed by atoms with Crippen molar-refractivity contribution in [3.8, 4) is 11.6 Å². The minimum Gasteiger partial charge on any atom is -0.439 e. The average molecular weight is 368 g/mol. The Bertz CT molecular complexity index is 853. The molecule has 1 unspecified atom stereocenters. The molecule has 1 aromatic carbocycles. The lowest BCUT2D eigenvalue weighted by Gasteiger charge is -2.24. The molecule has 1 aromatic heterocycles. The van der Waals surface area contributed by atoms with Gasteiger partial charge in [0, 0.05) is 25.2 Å². The predicted octanol–water partition coefficient (Wildman–Crippen LogP) is 2.69. The molecule has 1 aliphatic heterocycles. The van der Waals surface area contributed by atoms with Gasteiger partial charge < -0.3 is 15.0 Å². The summed E-state index contributed by atoms with van der Waals surface area (Å²) in [6.45, 7) is 5.88. The van der Waals surface area contributed by atoms with E-state index < -0.39 is 0 Å². The molecule has 0 radical (unpaired) electrons. The highest BCUT2D eigenvalue weighted by molar-refractivity contribution is 5.84. The Kier molecular flexibility index (Phi) is 5.69. The normalized spacial score (nSPS) is 16.3. The molecule has 27 heavy (non-hydrogen) atoms. The summed E-state index contributed by atoms with van der Waals surface area (Å²) in [5.74, 6) is 1.44. The Morgan fingerprint density at radius 2 is 2.04 bits per heavy atom. The summed E-state index contributed by atoms with van der Waals surface area (Å²) in [7, 11) is 0. The van der Waals surface area contributed by atoms with Crippen LogP contribution < -0.4 is 10.1 Å². The van der Waals surface area contributed by atoms with Crippen LogP contribution in [-0.2, 0) is 9.59 Å². The Balaban J connectivity index is 1.81. The van der Waals surface area contributed by atoms with Crippen molar-refractivity contribution in [3.05, 3.63) is 47.4 Å². The number of hydrogen-bond donors (Lipinski definition) is 1. The fourth-order valence-corrected chi connectivity index (χ4v) is 3.18. The molecular weight excluding hydrogens is 344 g/mol. The van der Waals surface area contributed by atoms with Crippen LogP contribution in [0.25, 0.3) is 0 Å². The van der Waals surface area contributed by atoms with Crippen LogP contribution in [0.1, 0.15) is 42.9 Å². The average Bonchev–Trinajstić information content (AvgIpc) is 3.11. The minimum absolute atomic E-state index is 0.00971. The lowest BCUT2D eigenvalue weighted by atomic mass is 10.2. The maximum atomic E-state index is 12.5. The number of nitrogens with zero attached hydrogens (tertiary/aromatic N) is 3. The van der Waals surface area contributed by atoms with E-state index in [4.69, 9.17) is 4.74 Å². The highest BCUT2D eigenvalue weighted by atomic mass is 16.5. The van der Waals surface area contributed by atoms with Crippen LogP contribution in [0.4, 0.5) is 0 Å². The SMILES string of the molecule is CC(=O)NCC(=O)N1CCCC1c1nc(C)cc(Oc2ccccc2C)n1. The maximum Gasteiger partial charge on any atom is 0.242 e. The standard InChI is InChI=1S/C20H24N4O3/c1-13-7-4-5-9-17(13)27-18-11-14(2)22-20(23-18)16-8-6-10-24(16)19(26)12-21-15(3)25/h4-5,7,9,11,16H,6,8,10,12H2,1-3H3,(H,21,25). The molecule has 1 fully saturated rings. The van der Waals surface area contributed by atoms with Gasteiger partial charge in [-0.3, -0.25) is 9.59 Å². The fourth-order valence-electron chi connectivity index (χ4n) is 3.18. The van der Waals surface area contributed by atoms with E-state index in [0.29, 0.717) is 18.2 Å². The highest BCUT2D eigenvalue weighted by Crippen LogP contribution is 2.32. The monoisotopic (exact) mass is 368 g/mol. The van der Waals surface area contributed by atoms with Crippen LogP contribution in [0.3, 0.4) is 0 Å². The van der Waals surface area contributed by atoms with Gasteiger partial charge in [-0.05, 0) is 38.3 Å². The fraction of sp³-hybridized carbons (Fsp3) is 0.400. The molecule has 3 rings (SSSR count). The van der Waals surface area contributed by atoms with Crippen LogP contribution in [0.15, 0.2) is 30.3 Å². The molecule has 1 aliphatic rings. The van der Waals surface area contributed by atoms with E-state index in [1.807, 2.05) is 38.1 Å². The summed E-state index contributed by atoms with van der Waals surface area (Å²) in [6.07, 6.45) is 1.67. The third kappa shape index (κ3) is 4.61. The summed E-state index contributed by atoms with van der Waals surface area (Å²) in [6, 6.07) is 9.32. The van der Waals surface area contributed by atoms with Gasteiger partial charge >= 0.3 is 0 Å². The van der Waals surface area contributed by atoms with Crippen molar-refractivity contribution in [2.45, 2.75) is 39.7 Å². The van der Waals surface area contributed by atoms with Crippen molar-refractivity contribution in [1.29, 1.82) is 0 Å². The molecular formula is C20H24N4O3. The number of aromatic nitrogens is 2. The van der Waals surface area contributed by atoms with Crippen molar-refractivity contribution in [3.63, 3.8) is 0 Å². The Labute approximate surface area is 158 Å². The van der Waals surface area contributed by atoms with E-state index >= 15 is 0 Å². The number of hydrogen-bond acceptors (Lipinski definition) is 5. The second-order valence-corrected chi connectivity index (χ2v) is 6.73. The van der Waals surface area contributed by atoms with Crippen molar-refractivity contribution in [1.82, 2.24) is 20.2 Å². The number of aryl methyl sites for hydroxylation is 2. The molecule has 0 bridgehead atoms. The molecule has 0 saturated carbocycles. The Hall–Kier alpha value is -2.96. The number of amides is 2. The van der Waals surface area contributed by atoms with Crippen molar-refractivity contribution < 1.29 is 14.3 Å².